The number of benzene rings is 1. The predicted molar refractivity (Wildman–Crippen MR) is 83.5 cm³/mol. The van der Waals surface area contributed by atoms with Crippen molar-refractivity contribution in [3.63, 3.8) is 0 Å². The van der Waals surface area contributed by atoms with Crippen LogP contribution in [0.1, 0.15) is 22.5 Å². The van der Waals surface area contributed by atoms with Gasteiger partial charge < -0.3 is 5.73 Å². The molecule has 0 atom stereocenters. The SMILES string of the molecule is Cc1cccc(CN(C)Cc2ccc(CN)cc2Cl)n1. The number of aromatic nitrogens is 1. The van der Waals surface area contributed by atoms with Crippen LogP contribution in [0.15, 0.2) is 36.4 Å². The number of nitrogens with two attached hydrogens (primary N) is 1. The zero-order chi connectivity index (χ0) is 14.5. The van der Waals surface area contributed by atoms with Crippen molar-refractivity contribution in [1.29, 1.82) is 0 Å². The summed E-state index contributed by atoms with van der Waals surface area (Å²) >= 11 is 6.28. The van der Waals surface area contributed by atoms with Crippen LogP contribution in [0.2, 0.25) is 5.02 Å². The van der Waals surface area contributed by atoms with E-state index in [2.05, 4.69) is 16.9 Å². The number of hydrogen-bond donors (Lipinski definition) is 1. The van der Waals surface area contributed by atoms with E-state index >= 15 is 0 Å². The fourth-order valence-corrected chi connectivity index (χ4v) is 2.42. The molecule has 0 fully saturated rings. The largest absolute Gasteiger partial charge is 0.326 e. The Balaban J connectivity index is 2.02. The Labute approximate surface area is 125 Å². The molecular weight excluding hydrogens is 270 g/mol. The van der Waals surface area contributed by atoms with Crippen LogP contribution in [0.25, 0.3) is 0 Å². The molecule has 1 heterocycles. The Morgan fingerprint density at radius 3 is 2.65 bits per heavy atom. The zero-order valence-corrected chi connectivity index (χ0v) is 12.7. The molecule has 4 heteroatoms. The molecule has 1 aromatic heterocycles. The van der Waals surface area contributed by atoms with Gasteiger partial charge in [-0.2, -0.15) is 0 Å². The van der Waals surface area contributed by atoms with Crippen molar-refractivity contribution in [2.75, 3.05) is 7.05 Å². The summed E-state index contributed by atoms with van der Waals surface area (Å²) in [6.45, 7) is 4.12. The molecule has 0 aliphatic heterocycles. The molecule has 0 saturated carbocycles. The van der Waals surface area contributed by atoms with Crippen LogP contribution in [-0.4, -0.2) is 16.9 Å². The Morgan fingerprint density at radius 2 is 2.00 bits per heavy atom. The second-order valence-electron chi connectivity index (χ2n) is 5.07. The molecule has 20 heavy (non-hydrogen) atoms. The number of halogens is 1. The number of pyridine rings is 1. The van der Waals surface area contributed by atoms with Crippen molar-refractivity contribution >= 4 is 11.6 Å². The monoisotopic (exact) mass is 289 g/mol. The fraction of sp³-hybridized carbons (Fsp3) is 0.312. The molecule has 1 aromatic carbocycles. The van der Waals surface area contributed by atoms with Crippen molar-refractivity contribution in [3.05, 3.63) is 63.9 Å². The highest BCUT2D eigenvalue weighted by Crippen LogP contribution is 2.19. The second kappa shape index (κ2) is 6.84. The summed E-state index contributed by atoms with van der Waals surface area (Å²) in [6, 6.07) is 12.1. The van der Waals surface area contributed by atoms with Gasteiger partial charge in [-0.25, -0.2) is 0 Å². The first-order valence-corrected chi connectivity index (χ1v) is 7.04. The Hall–Kier alpha value is -1.42. The normalized spacial score (nSPS) is 11.1. The van der Waals surface area contributed by atoms with Crippen molar-refractivity contribution in [1.82, 2.24) is 9.88 Å². The molecule has 0 aliphatic carbocycles. The van der Waals surface area contributed by atoms with Crippen LogP contribution in [0, 0.1) is 6.92 Å². The summed E-state index contributed by atoms with van der Waals surface area (Å²) in [4.78, 5) is 6.71. The van der Waals surface area contributed by atoms with E-state index in [1.807, 2.05) is 43.3 Å². The molecule has 2 rings (SSSR count). The summed E-state index contributed by atoms with van der Waals surface area (Å²) in [5.74, 6) is 0. The molecule has 106 valence electrons. The van der Waals surface area contributed by atoms with Gasteiger partial charge in [0.15, 0.2) is 0 Å². The third-order valence-corrected chi connectivity index (χ3v) is 3.52. The molecule has 3 nitrogen and oxygen atoms in total. The van der Waals surface area contributed by atoms with Gasteiger partial charge in [-0.3, -0.25) is 9.88 Å². The molecule has 0 unspecified atom stereocenters. The molecular formula is C16H20ClN3. The lowest BCUT2D eigenvalue weighted by Crippen LogP contribution is -2.18. The molecule has 0 aliphatic rings. The minimum Gasteiger partial charge on any atom is -0.326 e. The highest BCUT2D eigenvalue weighted by atomic mass is 35.5. The zero-order valence-electron chi connectivity index (χ0n) is 11.9. The van der Waals surface area contributed by atoms with Crippen molar-refractivity contribution in [3.8, 4) is 0 Å². The van der Waals surface area contributed by atoms with Crippen LogP contribution >= 0.6 is 11.6 Å². The van der Waals surface area contributed by atoms with E-state index in [1.54, 1.807) is 0 Å². The summed E-state index contributed by atoms with van der Waals surface area (Å²) in [5, 5.41) is 0.775. The van der Waals surface area contributed by atoms with Gasteiger partial charge in [0.2, 0.25) is 0 Å². The third kappa shape index (κ3) is 4.04. The van der Waals surface area contributed by atoms with Gasteiger partial charge in [-0.15, -0.1) is 0 Å². The summed E-state index contributed by atoms with van der Waals surface area (Å²) in [5.41, 5.74) is 9.89. The van der Waals surface area contributed by atoms with E-state index in [0.29, 0.717) is 6.54 Å². The lowest BCUT2D eigenvalue weighted by atomic mass is 10.1. The first-order valence-electron chi connectivity index (χ1n) is 6.67. The van der Waals surface area contributed by atoms with Gasteiger partial charge in [-0.05, 0) is 43.3 Å². The first kappa shape index (κ1) is 15.0. The van der Waals surface area contributed by atoms with Gasteiger partial charge in [0.1, 0.15) is 0 Å². The van der Waals surface area contributed by atoms with Gasteiger partial charge in [0.05, 0.1) is 5.69 Å². The third-order valence-electron chi connectivity index (χ3n) is 3.17. The molecule has 0 bridgehead atoms. The van der Waals surface area contributed by atoms with Crippen LogP contribution in [0.3, 0.4) is 0 Å². The molecule has 0 amide bonds. The molecule has 0 spiro atoms. The number of nitrogens with zero attached hydrogens (tertiary/aromatic N) is 2. The average Bonchev–Trinajstić information content (AvgIpc) is 2.41. The van der Waals surface area contributed by atoms with Crippen LogP contribution in [0.5, 0.6) is 0 Å². The molecule has 2 aromatic rings. The van der Waals surface area contributed by atoms with E-state index in [-0.39, 0.29) is 0 Å². The van der Waals surface area contributed by atoms with Gasteiger partial charge >= 0.3 is 0 Å². The first-order chi connectivity index (χ1) is 9.58. The number of hydrogen-bond acceptors (Lipinski definition) is 3. The molecule has 0 saturated heterocycles. The minimum absolute atomic E-state index is 0.517. The van der Waals surface area contributed by atoms with Crippen molar-refractivity contribution in [2.45, 2.75) is 26.6 Å². The number of rotatable bonds is 5. The smallest absolute Gasteiger partial charge is 0.0547 e. The van der Waals surface area contributed by atoms with Crippen LogP contribution in [0.4, 0.5) is 0 Å². The predicted octanol–water partition coefficient (Wildman–Crippen LogP) is 3.13. The quantitative estimate of drug-likeness (QED) is 0.919. The fourth-order valence-electron chi connectivity index (χ4n) is 2.16. The van der Waals surface area contributed by atoms with Crippen molar-refractivity contribution in [2.24, 2.45) is 5.73 Å². The maximum absolute atomic E-state index is 6.28. The highest BCUT2D eigenvalue weighted by molar-refractivity contribution is 6.31. The van der Waals surface area contributed by atoms with Gasteiger partial charge in [-0.1, -0.05) is 29.8 Å². The van der Waals surface area contributed by atoms with E-state index in [0.717, 1.165) is 40.6 Å². The second-order valence-corrected chi connectivity index (χ2v) is 5.48. The topological polar surface area (TPSA) is 42.1 Å². The van der Waals surface area contributed by atoms with Crippen molar-refractivity contribution < 1.29 is 0 Å². The minimum atomic E-state index is 0.517. The summed E-state index contributed by atoms with van der Waals surface area (Å²) < 4.78 is 0. The Kier molecular flexibility index (Phi) is 5.12. The summed E-state index contributed by atoms with van der Waals surface area (Å²) in [6.07, 6.45) is 0. The van der Waals surface area contributed by atoms with Gasteiger partial charge in [0, 0.05) is 30.4 Å². The van der Waals surface area contributed by atoms with E-state index in [9.17, 15) is 0 Å². The molecule has 0 radical (unpaired) electrons. The Bertz CT molecular complexity index is 584. The van der Waals surface area contributed by atoms with Gasteiger partial charge in [0.25, 0.3) is 0 Å². The van der Waals surface area contributed by atoms with E-state index in [1.165, 1.54) is 0 Å². The lowest BCUT2D eigenvalue weighted by Gasteiger charge is -2.17. The Morgan fingerprint density at radius 1 is 1.20 bits per heavy atom. The maximum Gasteiger partial charge on any atom is 0.0547 e. The van der Waals surface area contributed by atoms with Crippen LogP contribution < -0.4 is 5.73 Å². The lowest BCUT2D eigenvalue weighted by molar-refractivity contribution is 0.315. The summed E-state index contributed by atoms with van der Waals surface area (Å²) in [7, 11) is 2.07. The average molecular weight is 290 g/mol. The van der Waals surface area contributed by atoms with E-state index < -0.39 is 0 Å². The molecule has 2 N–H and O–H groups in total. The van der Waals surface area contributed by atoms with Crippen LogP contribution in [-0.2, 0) is 19.6 Å². The number of aryl methyl sites for hydroxylation is 1. The van der Waals surface area contributed by atoms with E-state index in [4.69, 9.17) is 17.3 Å². The standard InChI is InChI=1S/C16H20ClN3/c1-12-4-3-5-15(19-12)11-20(2)10-14-7-6-13(9-18)8-16(14)17/h3-8H,9-11,18H2,1-2H3. The highest BCUT2D eigenvalue weighted by Gasteiger charge is 2.07. The maximum atomic E-state index is 6.28.